The van der Waals surface area contributed by atoms with Crippen molar-refractivity contribution in [1.82, 2.24) is 9.80 Å². The van der Waals surface area contributed by atoms with Crippen LogP contribution in [0.2, 0.25) is 0 Å². The van der Waals surface area contributed by atoms with E-state index in [2.05, 4.69) is 47.1 Å². The molecule has 1 fully saturated rings. The fraction of sp³-hybridized carbons (Fsp3) is 0.647. The van der Waals surface area contributed by atoms with E-state index in [0.29, 0.717) is 0 Å². The van der Waals surface area contributed by atoms with E-state index < -0.39 is 0 Å². The van der Waals surface area contributed by atoms with Gasteiger partial charge in [0.05, 0.1) is 0 Å². The highest BCUT2D eigenvalue weighted by atomic mass is 15.3. The lowest BCUT2D eigenvalue weighted by Gasteiger charge is -2.34. The number of hydrogen-bond donors (Lipinski definition) is 0. The Morgan fingerprint density at radius 2 is 1.47 bits per heavy atom. The molecule has 2 rings (SSSR count). The summed E-state index contributed by atoms with van der Waals surface area (Å²) in [5.74, 6) is 0. The van der Waals surface area contributed by atoms with Crippen LogP contribution in [0.25, 0.3) is 0 Å². The molecule has 1 aliphatic heterocycles. The topological polar surface area (TPSA) is 6.48 Å². The van der Waals surface area contributed by atoms with Crippen molar-refractivity contribution in [3.63, 3.8) is 0 Å². The molecule has 0 bridgehead atoms. The lowest BCUT2D eigenvalue weighted by molar-refractivity contribution is 0.131. The highest BCUT2D eigenvalue weighted by Gasteiger charge is 2.14. The molecule has 2 heteroatoms. The predicted molar refractivity (Wildman–Crippen MR) is 82.6 cm³/mol. The van der Waals surface area contributed by atoms with Gasteiger partial charge in [-0.15, -0.1) is 0 Å². The van der Waals surface area contributed by atoms with Crippen LogP contribution in [0.15, 0.2) is 30.3 Å². The molecule has 0 aromatic heterocycles. The fourth-order valence-electron chi connectivity index (χ4n) is 2.86. The lowest BCUT2D eigenvalue weighted by Crippen LogP contribution is -2.46. The molecule has 0 aliphatic carbocycles. The maximum atomic E-state index is 2.64. The monoisotopic (exact) mass is 260 g/mol. The van der Waals surface area contributed by atoms with Crippen LogP contribution in [-0.4, -0.2) is 49.1 Å². The zero-order chi connectivity index (χ0) is 13.3. The Kier molecular flexibility index (Phi) is 6.38. The van der Waals surface area contributed by atoms with Crippen molar-refractivity contribution in [3.8, 4) is 0 Å². The van der Waals surface area contributed by atoms with Gasteiger partial charge in [0.25, 0.3) is 0 Å². The molecule has 2 nitrogen and oxygen atoms in total. The van der Waals surface area contributed by atoms with Crippen LogP contribution in [0.5, 0.6) is 0 Å². The summed E-state index contributed by atoms with van der Waals surface area (Å²) in [7, 11) is 0. The van der Waals surface area contributed by atoms with Crippen LogP contribution in [0.4, 0.5) is 0 Å². The standard InChI is InChI=1S/C17H28N2/c1-2-11-18-13-15-19(16-14-18)12-7-6-10-17-8-4-3-5-9-17/h3-5,8-9H,2,6-7,10-16H2,1H3. The number of rotatable bonds is 7. The van der Waals surface area contributed by atoms with Crippen molar-refractivity contribution in [2.24, 2.45) is 0 Å². The zero-order valence-corrected chi connectivity index (χ0v) is 12.4. The molecule has 1 heterocycles. The van der Waals surface area contributed by atoms with Crippen LogP contribution < -0.4 is 0 Å². The molecule has 1 aromatic rings. The van der Waals surface area contributed by atoms with Crippen LogP contribution in [-0.2, 0) is 6.42 Å². The molecule has 0 amide bonds. The summed E-state index contributed by atoms with van der Waals surface area (Å²) in [5, 5.41) is 0. The van der Waals surface area contributed by atoms with Crippen molar-refractivity contribution in [3.05, 3.63) is 35.9 Å². The summed E-state index contributed by atoms with van der Waals surface area (Å²) in [6.45, 7) is 9.92. The van der Waals surface area contributed by atoms with E-state index in [1.807, 2.05) is 0 Å². The molecule has 0 unspecified atom stereocenters. The summed E-state index contributed by atoms with van der Waals surface area (Å²) in [4.78, 5) is 5.23. The minimum absolute atomic E-state index is 1.23. The smallest absolute Gasteiger partial charge is 0.0110 e. The molecule has 19 heavy (non-hydrogen) atoms. The van der Waals surface area contributed by atoms with E-state index >= 15 is 0 Å². The Hall–Kier alpha value is -0.860. The van der Waals surface area contributed by atoms with E-state index in [4.69, 9.17) is 0 Å². The molecule has 0 saturated carbocycles. The average Bonchev–Trinajstić information content (AvgIpc) is 2.47. The van der Waals surface area contributed by atoms with Gasteiger partial charge in [-0.1, -0.05) is 37.3 Å². The average molecular weight is 260 g/mol. The van der Waals surface area contributed by atoms with Gasteiger partial charge in [0.2, 0.25) is 0 Å². The van der Waals surface area contributed by atoms with E-state index in [0.717, 1.165) is 0 Å². The maximum absolute atomic E-state index is 2.64. The Morgan fingerprint density at radius 3 is 2.11 bits per heavy atom. The second-order valence-electron chi connectivity index (χ2n) is 5.63. The molecular formula is C17H28N2. The number of piperazine rings is 1. The van der Waals surface area contributed by atoms with Crippen molar-refractivity contribution >= 4 is 0 Å². The molecule has 0 atom stereocenters. The summed E-state index contributed by atoms with van der Waals surface area (Å²) in [6.07, 6.45) is 5.18. The normalized spacial score (nSPS) is 17.7. The summed E-state index contributed by atoms with van der Waals surface area (Å²) < 4.78 is 0. The largest absolute Gasteiger partial charge is 0.301 e. The first-order chi connectivity index (χ1) is 9.38. The molecule has 1 saturated heterocycles. The third-order valence-electron chi connectivity index (χ3n) is 4.04. The van der Waals surface area contributed by atoms with Gasteiger partial charge < -0.3 is 9.80 Å². The van der Waals surface area contributed by atoms with Gasteiger partial charge >= 0.3 is 0 Å². The minimum Gasteiger partial charge on any atom is -0.301 e. The first-order valence-electron chi connectivity index (χ1n) is 7.87. The van der Waals surface area contributed by atoms with Gasteiger partial charge in [0.1, 0.15) is 0 Å². The number of aryl methyl sites for hydroxylation is 1. The third kappa shape index (κ3) is 5.33. The number of nitrogens with zero attached hydrogens (tertiary/aromatic N) is 2. The highest BCUT2D eigenvalue weighted by Crippen LogP contribution is 2.07. The molecule has 106 valence electrons. The van der Waals surface area contributed by atoms with Crippen LogP contribution in [0.1, 0.15) is 31.7 Å². The molecule has 0 radical (unpaired) electrons. The zero-order valence-electron chi connectivity index (χ0n) is 12.4. The van der Waals surface area contributed by atoms with Crippen molar-refractivity contribution in [2.45, 2.75) is 32.6 Å². The van der Waals surface area contributed by atoms with E-state index in [-0.39, 0.29) is 0 Å². The Balaban J connectivity index is 1.55. The molecule has 1 aliphatic rings. The van der Waals surface area contributed by atoms with Gasteiger partial charge in [0, 0.05) is 26.2 Å². The molecular weight excluding hydrogens is 232 g/mol. The highest BCUT2D eigenvalue weighted by molar-refractivity contribution is 5.14. The van der Waals surface area contributed by atoms with E-state index in [9.17, 15) is 0 Å². The first-order valence-corrected chi connectivity index (χ1v) is 7.87. The fourth-order valence-corrected chi connectivity index (χ4v) is 2.86. The first kappa shape index (κ1) is 14.5. The minimum atomic E-state index is 1.23. The number of hydrogen-bond acceptors (Lipinski definition) is 2. The van der Waals surface area contributed by atoms with Crippen molar-refractivity contribution in [2.75, 3.05) is 39.3 Å². The predicted octanol–water partition coefficient (Wildman–Crippen LogP) is 3.04. The van der Waals surface area contributed by atoms with Gasteiger partial charge in [-0.2, -0.15) is 0 Å². The van der Waals surface area contributed by atoms with Gasteiger partial charge in [0.15, 0.2) is 0 Å². The SMILES string of the molecule is CCCN1CCN(CCCCc2ccccc2)CC1. The van der Waals surface area contributed by atoms with Gasteiger partial charge in [-0.05, 0) is 44.3 Å². The number of benzene rings is 1. The van der Waals surface area contributed by atoms with Crippen LogP contribution in [0.3, 0.4) is 0 Å². The Labute approximate surface area is 118 Å². The molecule has 1 aromatic carbocycles. The number of unbranched alkanes of at least 4 members (excludes halogenated alkanes) is 1. The second-order valence-corrected chi connectivity index (χ2v) is 5.63. The van der Waals surface area contributed by atoms with Gasteiger partial charge in [-0.25, -0.2) is 0 Å². The Morgan fingerprint density at radius 1 is 0.842 bits per heavy atom. The maximum Gasteiger partial charge on any atom is 0.0110 e. The molecule has 0 N–H and O–H groups in total. The van der Waals surface area contributed by atoms with E-state index in [1.165, 1.54) is 70.5 Å². The summed E-state index contributed by atoms with van der Waals surface area (Å²) in [5.41, 5.74) is 1.48. The Bertz CT molecular complexity index is 328. The van der Waals surface area contributed by atoms with Crippen LogP contribution >= 0.6 is 0 Å². The van der Waals surface area contributed by atoms with Crippen molar-refractivity contribution < 1.29 is 0 Å². The third-order valence-corrected chi connectivity index (χ3v) is 4.04. The lowest BCUT2D eigenvalue weighted by atomic mass is 10.1. The van der Waals surface area contributed by atoms with E-state index in [1.54, 1.807) is 0 Å². The summed E-state index contributed by atoms with van der Waals surface area (Å²) in [6, 6.07) is 10.9. The van der Waals surface area contributed by atoms with Crippen LogP contribution in [0, 0.1) is 0 Å². The summed E-state index contributed by atoms with van der Waals surface area (Å²) >= 11 is 0. The quantitative estimate of drug-likeness (QED) is 0.695. The van der Waals surface area contributed by atoms with Gasteiger partial charge in [-0.3, -0.25) is 0 Å². The molecule has 0 spiro atoms. The van der Waals surface area contributed by atoms with Crippen molar-refractivity contribution in [1.29, 1.82) is 0 Å². The second kappa shape index (κ2) is 8.34.